The molecule has 0 aromatic rings. The summed E-state index contributed by atoms with van der Waals surface area (Å²) < 4.78 is 0. The van der Waals surface area contributed by atoms with Crippen LogP contribution in [0.15, 0.2) is 4.99 Å². The Labute approximate surface area is 140 Å². The van der Waals surface area contributed by atoms with Gasteiger partial charge >= 0.3 is 5.97 Å². The number of carbonyl (C=O) groups is 3. The van der Waals surface area contributed by atoms with E-state index in [0.29, 0.717) is 25.8 Å². The van der Waals surface area contributed by atoms with Crippen molar-refractivity contribution in [1.29, 1.82) is 0 Å². The molecular formula is C14H26N6O4. The second kappa shape index (κ2) is 8.48. The molecule has 2 amide bonds. The molecule has 8 N–H and O–H groups in total. The summed E-state index contributed by atoms with van der Waals surface area (Å²) in [7, 11) is 0. The van der Waals surface area contributed by atoms with Crippen molar-refractivity contribution in [2.75, 3.05) is 19.6 Å². The lowest BCUT2D eigenvalue weighted by Crippen LogP contribution is -2.59. The normalized spacial score (nSPS) is 21.2. The van der Waals surface area contributed by atoms with E-state index in [4.69, 9.17) is 17.2 Å². The SMILES string of the molecule is C[C@@]1(C(=O)N[C@@H](CCCN=C(N)N)C(=O)O)CCCN1C(=O)CN. The number of nitrogens with one attached hydrogen (secondary N) is 1. The standard InChI is InChI=1S/C14H26N6O4/c1-14(5-3-7-20(14)10(21)8-15)12(24)19-9(11(22)23)4-2-6-18-13(16)17/h9H,2-8,15H2,1H3,(H,19,24)(H,22,23)(H4,16,17,18)/t9-,14-/m0/s1. The van der Waals surface area contributed by atoms with Gasteiger partial charge in [-0.2, -0.15) is 0 Å². The minimum Gasteiger partial charge on any atom is -0.480 e. The predicted octanol–water partition coefficient (Wildman–Crippen LogP) is -2.05. The quantitative estimate of drug-likeness (QED) is 0.191. The fraction of sp³-hybridized carbons (Fsp3) is 0.714. The zero-order valence-corrected chi connectivity index (χ0v) is 13.8. The maximum atomic E-state index is 12.6. The fourth-order valence-corrected chi connectivity index (χ4v) is 2.78. The largest absolute Gasteiger partial charge is 0.480 e. The highest BCUT2D eigenvalue weighted by Gasteiger charge is 2.46. The number of carboxylic acids is 1. The van der Waals surface area contributed by atoms with Crippen molar-refractivity contribution in [1.82, 2.24) is 10.2 Å². The molecule has 0 aliphatic carbocycles. The molecule has 1 heterocycles. The van der Waals surface area contributed by atoms with Crippen molar-refractivity contribution in [3.8, 4) is 0 Å². The van der Waals surface area contributed by atoms with E-state index in [2.05, 4.69) is 10.3 Å². The number of aliphatic carboxylic acids is 1. The first-order valence-electron chi connectivity index (χ1n) is 7.82. The van der Waals surface area contributed by atoms with Crippen molar-refractivity contribution >= 4 is 23.7 Å². The number of hydrogen-bond acceptors (Lipinski definition) is 5. The van der Waals surface area contributed by atoms with Gasteiger partial charge in [-0.3, -0.25) is 14.6 Å². The highest BCUT2D eigenvalue weighted by Crippen LogP contribution is 2.29. The Morgan fingerprint density at radius 1 is 1.38 bits per heavy atom. The molecule has 10 heteroatoms. The van der Waals surface area contributed by atoms with Crippen molar-refractivity contribution in [2.45, 2.75) is 44.2 Å². The summed E-state index contributed by atoms with van der Waals surface area (Å²) in [5.41, 5.74) is 14.7. The zero-order valence-electron chi connectivity index (χ0n) is 13.8. The van der Waals surface area contributed by atoms with Crippen LogP contribution in [0.5, 0.6) is 0 Å². The molecule has 0 spiro atoms. The fourth-order valence-electron chi connectivity index (χ4n) is 2.78. The van der Waals surface area contributed by atoms with Gasteiger partial charge in [-0.05, 0) is 32.6 Å². The van der Waals surface area contributed by atoms with E-state index in [1.165, 1.54) is 4.90 Å². The lowest BCUT2D eigenvalue weighted by molar-refractivity contribution is -0.147. The minimum atomic E-state index is -1.15. The van der Waals surface area contributed by atoms with Gasteiger partial charge in [-0.1, -0.05) is 0 Å². The first-order chi connectivity index (χ1) is 11.2. The molecule has 1 aliphatic rings. The van der Waals surface area contributed by atoms with Crippen LogP contribution >= 0.6 is 0 Å². The summed E-state index contributed by atoms with van der Waals surface area (Å²) in [5.74, 6) is -2.03. The molecule has 0 saturated carbocycles. The number of guanidine groups is 1. The lowest BCUT2D eigenvalue weighted by atomic mass is 9.96. The van der Waals surface area contributed by atoms with E-state index in [-0.39, 0.29) is 31.4 Å². The van der Waals surface area contributed by atoms with Crippen LogP contribution in [0.1, 0.15) is 32.6 Å². The Balaban J connectivity index is 2.72. The second-order valence-corrected chi connectivity index (χ2v) is 5.94. The summed E-state index contributed by atoms with van der Waals surface area (Å²) in [6.07, 6.45) is 1.71. The highest BCUT2D eigenvalue weighted by atomic mass is 16.4. The summed E-state index contributed by atoms with van der Waals surface area (Å²) in [6, 6.07) is -1.07. The smallest absolute Gasteiger partial charge is 0.326 e. The van der Waals surface area contributed by atoms with Crippen LogP contribution in [0.2, 0.25) is 0 Å². The molecule has 1 aliphatic heterocycles. The number of carbonyl (C=O) groups excluding carboxylic acids is 2. The summed E-state index contributed by atoms with van der Waals surface area (Å²) in [5, 5.41) is 11.8. The minimum absolute atomic E-state index is 0.0692. The van der Waals surface area contributed by atoms with Gasteiger partial charge in [0, 0.05) is 13.1 Å². The van der Waals surface area contributed by atoms with Crippen LogP contribution in [-0.2, 0) is 14.4 Å². The lowest BCUT2D eigenvalue weighted by Gasteiger charge is -2.34. The molecule has 136 valence electrons. The molecule has 1 fully saturated rings. The van der Waals surface area contributed by atoms with Gasteiger partial charge in [-0.15, -0.1) is 0 Å². The number of likely N-dealkylation sites (tertiary alicyclic amines) is 1. The van der Waals surface area contributed by atoms with Crippen molar-refractivity contribution in [3.63, 3.8) is 0 Å². The van der Waals surface area contributed by atoms with Gasteiger partial charge < -0.3 is 32.5 Å². The predicted molar refractivity (Wildman–Crippen MR) is 87.9 cm³/mol. The molecule has 0 aromatic carbocycles. The third kappa shape index (κ3) is 4.82. The molecule has 1 saturated heterocycles. The maximum absolute atomic E-state index is 12.6. The number of amides is 2. The van der Waals surface area contributed by atoms with E-state index < -0.39 is 23.5 Å². The Bertz CT molecular complexity index is 519. The average Bonchev–Trinajstić information content (AvgIpc) is 2.92. The number of aliphatic imine (C=N–C) groups is 1. The molecule has 0 aromatic heterocycles. The molecule has 0 unspecified atom stereocenters. The van der Waals surface area contributed by atoms with E-state index in [1.54, 1.807) is 6.92 Å². The molecule has 0 radical (unpaired) electrons. The number of rotatable bonds is 8. The van der Waals surface area contributed by atoms with Crippen molar-refractivity contribution in [2.24, 2.45) is 22.2 Å². The van der Waals surface area contributed by atoms with E-state index in [1.807, 2.05) is 0 Å². The number of nitrogens with zero attached hydrogens (tertiary/aromatic N) is 2. The third-order valence-electron chi connectivity index (χ3n) is 4.15. The van der Waals surface area contributed by atoms with E-state index in [9.17, 15) is 19.5 Å². The van der Waals surface area contributed by atoms with Crippen LogP contribution in [0.25, 0.3) is 0 Å². The molecular weight excluding hydrogens is 316 g/mol. The molecule has 10 nitrogen and oxygen atoms in total. The Morgan fingerprint density at radius 3 is 2.58 bits per heavy atom. The molecule has 2 atom stereocenters. The molecule has 24 heavy (non-hydrogen) atoms. The summed E-state index contributed by atoms with van der Waals surface area (Å²) in [6.45, 7) is 2.14. The number of carboxylic acid groups (broad SMARTS) is 1. The monoisotopic (exact) mass is 342 g/mol. The van der Waals surface area contributed by atoms with E-state index in [0.717, 1.165) is 0 Å². The highest BCUT2D eigenvalue weighted by molar-refractivity contribution is 5.94. The van der Waals surface area contributed by atoms with Gasteiger partial charge in [0.25, 0.3) is 0 Å². The van der Waals surface area contributed by atoms with Crippen molar-refractivity contribution < 1.29 is 19.5 Å². The first kappa shape index (κ1) is 19.7. The Morgan fingerprint density at radius 2 is 2.04 bits per heavy atom. The first-order valence-corrected chi connectivity index (χ1v) is 7.82. The van der Waals surface area contributed by atoms with Crippen LogP contribution in [0.3, 0.4) is 0 Å². The molecule has 0 bridgehead atoms. The van der Waals surface area contributed by atoms with Gasteiger partial charge in [0.05, 0.1) is 6.54 Å². The summed E-state index contributed by atoms with van der Waals surface area (Å²) in [4.78, 5) is 41.0. The number of hydrogen-bond donors (Lipinski definition) is 5. The average molecular weight is 342 g/mol. The van der Waals surface area contributed by atoms with Crippen LogP contribution in [0, 0.1) is 0 Å². The molecule has 1 rings (SSSR count). The van der Waals surface area contributed by atoms with Gasteiger partial charge in [0.1, 0.15) is 11.6 Å². The van der Waals surface area contributed by atoms with Crippen LogP contribution < -0.4 is 22.5 Å². The third-order valence-corrected chi connectivity index (χ3v) is 4.15. The Hall–Kier alpha value is -2.36. The zero-order chi connectivity index (χ0) is 18.3. The summed E-state index contributed by atoms with van der Waals surface area (Å²) >= 11 is 0. The van der Waals surface area contributed by atoms with Crippen LogP contribution in [0.4, 0.5) is 0 Å². The van der Waals surface area contributed by atoms with E-state index >= 15 is 0 Å². The van der Waals surface area contributed by atoms with Gasteiger partial charge in [0.15, 0.2) is 5.96 Å². The van der Waals surface area contributed by atoms with Crippen LogP contribution in [-0.4, -0.2) is 65.0 Å². The van der Waals surface area contributed by atoms with Gasteiger partial charge in [0.2, 0.25) is 11.8 Å². The Kier molecular flexibility index (Phi) is 6.96. The topological polar surface area (TPSA) is 177 Å². The number of nitrogens with two attached hydrogens (primary N) is 3. The van der Waals surface area contributed by atoms with Crippen molar-refractivity contribution in [3.05, 3.63) is 0 Å². The van der Waals surface area contributed by atoms with Gasteiger partial charge in [-0.25, -0.2) is 4.79 Å². The second-order valence-electron chi connectivity index (χ2n) is 5.94. The maximum Gasteiger partial charge on any atom is 0.326 e.